The molecule has 7 nitrogen and oxygen atoms in total. The van der Waals surface area contributed by atoms with Gasteiger partial charge in [0.05, 0.1) is 19.3 Å². The fraction of sp³-hybridized carbons (Fsp3) is 0.414. The van der Waals surface area contributed by atoms with Crippen LogP contribution in [0.15, 0.2) is 53.6 Å². The summed E-state index contributed by atoms with van der Waals surface area (Å²) in [5, 5.41) is 0. The number of nitrogens with zero attached hydrogens (tertiary/aromatic N) is 4. The number of hydrogen-bond donors (Lipinski definition) is 0. The lowest BCUT2D eigenvalue weighted by molar-refractivity contribution is 0.0632. The molecule has 190 valence electrons. The number of pyridine rings is 2. The van der Waals surface area contributed by atoms with Crippen LogP contribution in [0.25, 0.3) is 0 Å². The summed E-state index contributed by atoms with van der Waals surface area (Å²) in [6.45, 7) is 9.03. The lowest BCUT2D eigenvalue weighted by Gasteiger charge is -2.36. The molecule has 1 aliphatic heterocycles. The fourth-order valence-electron chi connectivity index (χ4n) is 5.09. The Morgan fingerprint density at radius 3 is 2.56 bits per heavy atom. The molecule has 0 spiro atoms. The van der Waals surface area contributed by atoms with Crippen molar-refractivity contribution in [3.8, 4) is 5.75 Å². The molecule has 4 rings (SSSR count). The van der Waals surface area contributed by atoms with Gasteiger partial charge in [-0.25, -0.2) is 0 Å². The van der Waals surface area contributed by atoms with Crippen LogP contribution in [0.1, 0.15) is 51.1 Å². The van der Waals surface area contributed by atoms with E-state index in [0.29, 0.717) is 6.54 Å². The number of ether oxygens (including phenoxy) is 1. The Morgan fingerprint density at radius 2 is 1.86 bits per heavy atom. The summed E-state index contributed by atoms with van der Waals surface area (Å²) in [6, 6.07) is 11.6. The monoisotopic (exact) mass is 488 g/mol. The molecular weight excluding hydrogens is 452 g/mol. The van der Waals surface area contributed by atoms with Crippen molar-refractivity contribution in [2.45, 2.75) is 52.7 Å². The van der Waals surface area contributed by atoms with Gasteiger partial charge in [0.25, 0.3) is 11.5 Å². The molecule has 1 saturated heterocycles. The average Bonchev–Trinajstić information content (AvgIpc) is 2.87. The number of amides is 1. The highest BCUT2D eigenvalue weighted by Gasteiger charge is 2.28. The van der Waals surface area contributed by atoms with Gasteiger partial charge in [0.1, 0.15) is 11.3 Å². The van der Waals surface area contributed by atoms with Crippen molar-refractivity contribution in [1.82, 2.24) is 19.4 Å². The molecule has 0 radical (unpaired) electrons. The van der Waals surface area contributed by atoms with Crippen LogP contribution in [0.3, 0.4) is 0 Å². The summed E-state index contributed by atoms with van der Waals surface area (Å²) >= 11 is 0. The standard InChI is InChI=1S/C29H36N4O3/c1-20-8-6-9-23(16-20)18-33-13-7-10-25(29(33)35)28(34)31(4)24-11-14-32(15-12-24)19-26-22(3)27(36-5)21(2)17-30-26/h6-10,13,16-17,24H,11-12,14-15,18-19H2,1-5H3. The molecule has 3 aromatic rings. The zero-order valence-electron chi connectivity index (χ0n) is 22.0. The lowest BCUT2D eigenvalue weighted by atomic mass is 10.0. The number of methoxy groups -OCH3 is 1. The molecule has 1 amide bonds. The van der Waals surface area contributed by atoms with Gasteiger partial charge in [-0.2, -0.15) is 0 Å². The van der Waals surface area contributed by atoms with Gasteiger partial charge in [-0.1, -0.05) is 29.8 Å². The Bertz CT molecular complexity index is 1290. The Kier molecular flexibility index (Phi) is 7.89. The van der Waals surface area contributed by atoms with E-state index >= 15 is 0 Å². The molecule has 0 saturated carbocycles. The first-order chi connectivity index (χ1) is 17.3. The summed E-state index contributed by atoms with van der Waals surface area (Å²) in [5.41, 5.74) is 5.31. The number of carbonyl (C=O) groups is 1. The highest BCUT2D eigenvalue weighted by atomic mass is 16.5. The van der Waals surface area contributed by atoms with Gasteiger partial charge in [-0.05, 0) is 51.3 Å². The molecule has 36 heavy (non-hydrogen) atoms. The van der Waals surface area contributed by atoms with E-state index in [4.69, 9.17) is 4.74 Å². The van der Waals surface area contributed by atoms with Gasteiger partial charge in [0.15, 0.2) is 0 Å². The second-order valence-corrected chi connectivity index (χ2v) is 9.81. The largest absolute Gasteiger partial charge is 0.496 e. The molecule has 7 heteroatoms. The van der Waals surface area contributed by atoms with E-state index in [9.17, 15) is 9.59 Å². The minimum atomic E-state index is -0.247. The number of carbonyl (C=O) groups excluding carboxylic acids is 1. The number of rotatable bonds is 7. The number of benzene rings is 1. The molecule has 2 aromatic heterocycles. The Morgan fingerprint density at radius 1 is 1.11 bits per heavy atom. The Hall–Kier alpha value is -3.45. The maximum Gasteiger partial charge on any atom is 0.263 e. The molecule has 0 aliphatic carbocycles. The quantitative estimate of drug-likeness (QED) is 0.504. The molecule has 3 heterocycles. The first kappa shape index (κ1) is 25.6. The molecule has 0 unspecified atom stereocenters. The van der Waals surface area contributed by atoms with Gasteiger partial charge in [-0.15, -0.1) is 0 Å². The van der Waals surface area contributed by atoms with Crippen molar-refractivity contribution in [2.24, 2.45) is 0 Å². The molecule has 0 N–H and O–H groups in total. The molecule has 1 aliphatic rings. The summed E-state index contributed by atoms with van der Waals surface area (Å²) in [4.78, 5) is 35.2. The van der Waals surface area contributed by atoms with Crippen LogP contribution in [0.2, 0.25) is 0 Å². The minimum absolute atomic E-state index is 0.0974. The third-order valence-corrected chi connectivity index (χ3v) is 7.23. The highest BCUT2D eigenvalue weighted by molar-refractivity contribution is 5.93. The summed E-state index contributed by atoms with van der Waals surface area (Å²) in [7, 11) is 3.51. The van der Waals surface area contributed by atoms with Crippen molar-refractivity contribution >= 4 is 5.91 Å². The van der Waals surface area contributed by atoms with E-state index in [2.05, 4.69) is 22.9 Å². The third kappa shape index (κ3) is 5.51. The first-order valence-corrected chi connectivity index (χ1v) is 12.5. The SMILES string of the molecule is COc1c(C)cnc(CN2CCC(N(C)C(=O)c3cccn(Cc4cccc(C)c4)c3=O)CC2)c1C. The summed E-state index contributed by atoms with van der Waals surface area (Å²) < 4.78 is 7.16. The molecule has 1 aromatic carbocycles. The molecule has 0 atom stereocenters. The lowest BCUT2D eigenvalue weighted by Crippen LogP contribution is -2.46. The van der Waals surface area contributed by atoms with Crippen LogP contribution in [0.4, 0.5) is 0 Å². The van der Waals surface area contributed by atoms with E-state index in [0.717, 1.165) is 66.2 Å². The van der Waals surface area contributed by atoms with Gasteiger partial charge >= 0.3 is 0 Å². The van der Waals surface area contributed by atoms with Gasteiger partial charge in [0, 0.05) is 56.2 Å². The average molecular weight is 489 g/mol. The van der Waals surface area contributed by atoms with Crippen LogP contribution in [-0.4, -0.2) is 58.5 Å². The Labute approximate surface area is 213 Å². The molecule has 1 fully saturated rings. The van der Waals surface area contributed by atoms with Crippen molar-refractivity contribution in [3.63, 3.8) is 0 Å². The molecule has 0 bridgehead atoms. The highest BCUT2D eigenvalue weighted by Crippen LogP contribution is 2.26. The maximum atomic E-state index is 13.3. The smallest absolute Gasteiger partial charge is 0.263 e. The van der Waals surface area contributed by atoms with Crippen LogP contribution in [0.5, 0.6) is 5.75 Å². The van der Waals surface area contributed by atoms with Gasteiger partial charge in [0.2, 0.25) is 0 Å². The second kappa shape index (κ2) is 11.1. The van der Waals surface area contributed by atoms with E-state index in [1.165, 1.54) is 0 Å². The number of hydrogen-bond acceptors (Lipinski definition) is 5. The normalized spacial score (nSPS) is 14.6. The predicted octanol–water partition coefficient (Wildman–Crippen LogP) is 3.96. The van der Waals surface area contributed by atoms with Gasteiger partial charge in [-0.3, -0.25) is 19.5 Å². The van der Waals surface area contributed by atoms with E-state index < -0.39 is 0 Å². The topological polar surface area (TPSA) is 67.7 Å². The summed E-state index contributed by atoms with van der Waals surface area (Å²) in [6.07, 6.45) is 5.32. The number of aromatic nitrogens is 2. The predicted molar refractivity (Wildman–Crippen MR) is 142 cm³/mol. The maximum absolute atomic E-state index is 13.3. The zero-order valence-corrected chi connectivity index (χ0v) is 22.0. The Balaban J connectivity index is 1.40. The van der Waals surface area contributed by atoms with Crippen LogP contribution < -0.4 is 10.3 Å². The van der Waals surface area contributed by atoms with E-state index in [1.54, 1.807) is 34.9 Å². The summed E-state index contributed by atoms with van der Waals surface area (Å²) in [5.74, 6) is 0.689. The third-order valence-electron chi connectivity index (χ3n) is 7.23. The minimum Gasteiger partial charge on any atom is -0.496 e. The molecular formula is C29H36N4O3. The van der Waals surface area contributed by atoms with E-state index in [-0.39, 0.29) is 23.1 Å². The first-order valence-electron chi connectivity index (χ1n) is 12.5. The number of aryl methyl sites for hydroxylation is 2. The number of piperidine rings is 1. The van der Waals surface area contributed by atoms with Gasteiger partial charge < -0.3 is 14.2 Å². The van der Waals surface area contributed by atoms with Crippen LogP contribution in [-0.2, 0) is 13.1 Å². The fourth-order valence-corrected chi connectivity index (χ4v) is 5.09. The zero-order chi connectivity index (χ0) is 25.8. The van der Waals surface area contributed by atoms with Crippen LogP contribution in [0, 0.1) is 20.8 Å². The van der Waals surface area contributed by atoms with Crippen LogP contribution >= 0.6 is 0 Å². The van der Waals surface area contributed by atoms with Crippen molar-refractivity contribution in [3.05, 3.63) is 92.7 Å². The van der Waals surface area contributed by atoms with Crippen molar-refractivity contribution in [2.75, 3.05) is 27.2 Å². The number of likely N-dealkylation sites (tertiary alicyclic amines) is 1. The van der Waals surface area contributed by atoms with Crippen molar-refractivity contribution < 1.29 is 9.53 Å². The van der Waals surface area contributed by atoms with Crippen molar-refractivity contribution in [1.29, 1.82) is 0 Å². The second-order valence-electron chi connectivity index (χ2n) is 9.81. The van der Waals surface area contributed by atoms with E-state index in [1.807, 2.05) is 45.3 Å².